The van der Waals surface area contributed by atoms with Crippen molar-refractivity contribution in [2.75, 3.05) is 44.8 Å². The van der Waals surface area contributed by atoms with Gasteiger partial charge in [0.05, 0.1) is 13.2 Å². The lowest BCUT2D eigenvalue weighted by Gasteiger charge is -2.39. The highest BCUT2D eigenvalue weighted by Crippen LogP contribution is 2.29. The van der Waals surface area contributed by atoms with Gasteiger partial charge in [-0.05, 0) is 18.6 Å². The van der Waals surface area contributed by atoms with Crippen molar-refractivity contribution in [3.05, 3.63) is 18.3 Å². The van der Waals surface area contributed by atoms with E-state index in [0.717, 1.165) is 4.31 Å². The molecule has 1 N–H and O–H groups in total. The highest BCUT2D eigenvalue weighted by Gasteiger charge is 2.44. The lowest BCUT2D eigenvalue weighted by molar-refractivity contribution is 0.0182. The molecule has 0 unspecified atom stereocenters. The molecule has 1 aromatic heterocycles. The van der Waals surface area contributed by atoms with Crippen molar-refractivity contribution in [2.45, 2.75) is 24.8 Å². The molecular weight excluding hydrogens is 368 g/mol. The summed E-state index contributed by atoms with van der Waals surface area (Å²) >= 11 is 0. The molecule has 0 radical (unpaired) electrons. The predicted molar refractivity (Wildman–Crippen MR) is 91.2 cm³/mol. The van der Waals surface area contributed by atoms with Crippen LogP contribution in [0, 0.1) is 5.92 Å². The van der Waals surface area contributed by atoms with E-state index in [1.807, 2.05) is 11.0 Å². The summed E-state index contributed by atoms with van der Waals surface area (Å²) < 4.78 is 60.4. The molecule has 2 saturated heterocycles. The third kappa shape index (κ3) is 4.45. The Morgan fingerprint density at radius 2 is 2.23 bits per heavy atom. The van der Waals surface area contributed by atoms with Crippen LogP contribution in [0.1, 0.15) is 12.8 Å². The summed E-state index contributed by atoms with van der Waals surface area (Å²) in [5.74, 6) is -2.38. The van der Waals surface area contributed by atoms with Crippen LogP contribution in [0.25, 0.3) is 0 Å². The molecule has 3 rings (SSSR count). The lowest BCUT2D eigenvalue weighted by Crippen LogP contribution is -2.55. The van der Waals surface area contributed by atoms with Gasteiger partial charge in [-0.25, -0.2) is 8.78 Å². The summed E-state index contributed by atoms with van der Waals surface area (Å²) in [6.45, 7) is 0.531. The maximum atomic E-state index is 13.4. The first kappa shape index (κ1) is 19.3. The minimum absolute atomic E-state index is 0.131. The smallest absolute Gasteiger partial charge is 0.279 e. The van der Waals surface area contributed by atoms with E-state index in [-0.39, 0.29) is 18.5 Å². The van der Waals surface area contributed by atoms with Crippen molar-refractivity contribution in [3.63, 3.8) is 0 Å². The van der Waals surface area contributed by atoms with Gasteiger partial charge in [0.2, 0.25) is 0 Å². The molecule has 0 aromatic carbocycles. The number of hydrogen-bond donors (Lipinski definition) is 1. The van der Waals surface area contributed by atoms with E-state index in [1.54, 1.807) is 19.4 Å². The van der Waals surface area contributed by atoms with E-state index in [2.05, 4.69) is 14.9 Å². The fourth-order valence-corrected chi connectivity index (χ4v) is 4.95. The van der Waals surface area contributed by atoms with E-state index in [0.29, 0.717) is 31.9 Å². The maximum absolute atomic E-state index is 13.4. The van der Waals surface area contributed by atoms with E-state index in [9.17, 15) is 17.2 Å². The minimum atomic E-state index is -3.96. The Labute approximate surface area is 151 Å². The summed E-state index contributed by atoms with van der Waals surface area (Å²) in [7, 11) is -2.41. The van der Waals surface area contributed by atoms with E-state index in [4.69, 9.17) is 4.74 Å². The van der Waals surface area contributed by atoms with E-state index in [1.165, 1.54) is 0 Å². The number of alkyl halides is 2. The van der Waals surface area contributed by atoms with Crippen LogP contribution in [0.2, 0.25) is 0 Å². The molecule has 3 heterocycles. The average molecular weight is 391 g/mol. The molecule has 11 heteroatoms. The topological polar surface area (TPSA) is 87.7 Å². The van der Waals surface area contributed by atoms with Crippen LogP contribution < -0.4 is 9.62 Å². The van der Waals surface area contributed by atoms with Gasteiger partial charge in [-0.15, -0.1) is 5.10 Å². The molecule has 146 valence electrons. The first-order valence-electron chi connectivity index (χ1n) is 8.47. The molecule has 0 spiro atoms. The molecule has 0 bridgehead atoms. The van der Waals surface area contributed by atoms with Gasteiger partial charge in [0.1, 0.15) is 0 Å². The van der Waals surface area contributed by atoms with Gasteiger partial charge in [0.25, 0.3) is 16.1 Å². The van der Waals surface area contributed by atoms with Crippen molar-refractivity contribution in [3.8, 4) is 0 Å². The standard InChI is InChI=1S/C15H23F2N5O3S/c1-25-10-12-9-21(14-3-2-6-18-19-14)7-4-13(12)20-26(23,24)22-8-5-15(16,17)11-22/h2-3,6,12-13,20H,4-5,7-11H2,1H3/t12-,13-/m0/s1. The summed E-state index contributed by atoms with van der Waals surface area (Å²) in [6, 6.07) is 3.24. The average Bonchev–Trinajstić information content (AvgIpc) is 2.98. The predicted octanol–water partition coefficient (Wildman–Crippen LogP) is 0.493. The maximum Gasteiger partial charge on any atom is 0.279 e. The van der Waals surface area contributed by atoms with Crippen molar-refractivity contribution >= 4 is 16.0 Å². The quantitative estimate of drug-likeness (QED) is 0.760. The van der Waals surface area contributed by atoms with Crippen LogP contribution in [0.3, 0.4) is 0 Å². The normalized spacial score (nSPS) is 27.0. The lowest BCUT2D eigenvalue weighted by atomic mass is 9.93. The number of nitrogens with one attached hydrogen (secondary N) is 1. The summed E-state index contributed by atoms with van der Waals surface area (Å²) in [6.07, 6.45) is 1.66. The Kier molecular flexibility index (Phi) is 5.70. The second-order valence-electron chi connectivity index (χ2n) is 6.70. The number of piperidine rings is 1. The van der Waals surface area contributed by atoms with Crippen LogP contribution in [-0.4, -0.2) is 74.8 Å². The zero-order valence-corrected chi connectivity index (χ0v) is 15.3. The van der Waals surface area contributed by atoms with Gasteiger partial charge < -0.3 is 9.64 Å². The highest BCUT2D eigenvalue weighted by molar-refractivity contribution is 7.87. The first-order valence-corrected chi connectivity index (χ1v) is 9.91. The van der Waals surface area contributed by atoms with E-state index < -0.39 is 29.1 Å². The van der Waals surface area contributed by atoms with Crippen molar-refractivity contribution in [1.82, 2.24) is 19.2 Å². The van der Waals surface area contributed by atoms with Crippen LogP contribution in [0.5, 0.6) is 0 Å². The van der Waals surface area contributed by atoms with Gasteiger partial charge in [0, 0.05) is 51.3 Å². The van der Waals surface area contributed by atoms with Gasteiger partial charge in [-0.3, -0.25) is 0 Å². The van der Waals surface area contributed by atoms with Crippen LogP contribution >= 0.6 is 0 Å². The van der Waals surface area contributed by atoms with Gasteiger partial charge in [-0.1, -0.05) is 0 Å². The Morgan fingerprint density at radius 3 is 2.85 bits per heavy atom. The molecule has 0 amide bonds. The van der Waals surface area contributed by atoms with Gasteiger partial charge >= 0.3 is 0 Å². The van der Waals surface area contributed by atoms with Crippen LogP contribution in [0.15, 0.2) is 18.3 Å². The Morgan fingerprint density at radius 1 is 1.42 bits per heavy atom. The molecule has 1 aromatic rings. The second kappa shape index (κ2) is 7.67. The number of hydrogen-bond acceptors (Lipinski definition) is 6. The molecular formula is C15H23F2N5O3S. The summed E-state index contributed by atoms with van der Waals surface area (Å²) in [5, 5.41) is 7.94. The zero-order chi connectivity index (χ0) is 18.8. The van der Waals surface area contributed by atoms with Crippen LogP contribution in [-0.2, 0) is 14.9 Å². The molecule has 0 saturated carbocycles. The molecule has 0 aliphatic carbocycles. The molecule has 2 aliphatic rings. The zero-order valence-electron chi connectivity index (χ0n) is 14.5. The number of aromatic nitrogens is 2. The SMILES string of the molecule is COC[C@@H]1CN(c2cccnn2)CC[C@@H]1NS(=O)(=O)N1CCC(F)(F)C1. The number of ether oxygens (including phenoxy) is 1. The van der Waals surface area contributed by atoms with Gasteiger partial charge in [-0.2, -0.15) is 22.5 Å². The number of methoxy groups -OCH3 is 1. The number of anilines is 1. The number of nitrogens with zero attached hydrogens (tertiary/aromatic N) is 4. The van der Waals surface area contributed by atoms with Gasteiger partial charge in [0.15, 0.2) is 5.82 Å². The first-order chi connectivity index (χ1) is 12.3. The molecule has 8 nitrogen and oxygen atoms in total. The van der Waals surface area contributed by atoms with Crippen molar-refractivity contribution < 1.29 is 21.9 Å². The Balaban J connectivity index is 1.67. The number of rotatable bonds is 6. The molecule has 26 heavy (non-hydrogen) atoms. The fraction of sp³-hybridized carbons (Fsp3) is 0.733. The van der Waals surface area contributed by atoms with Crippen molar-refractivity contribution in [2.24, 2.45) is 5.92 Å². The molecule has 2 atom stereocenters. The third-order valence-electron chi connectivity index (χ3n) is 4.77. The minimum Gasteiger partial charge on any atom is -0.384 e. The second-order valence-corrected chi connectivity index (χ2v) is 8.40. The Bertz CT molecular complexity index is 706. The summed E-state index contributed by atoms with van der Waals surface area (Å²) in [4.78, 5) is 2.02. The number of halogens is 2. The monoisotopic (exact) mass is 391 g/mol. The largest absolute Gasteiger partial charge is 0.384 e. The van der Waals surface area contributed by atoms with E-state index >= 15 is 0 Å². The highest BCUT2D eigenvalue weighted by atomic mass is 32.2. The summed E-state index contributed by atoms with van der Waals surface area (Å²) in [5.41, 5.74) is 0. The fourth-order valence-electron chi connectivity index (χ4n) is 3.42. The van der Waals surface area contributed by atoms with Crippen LogP contribution in [0.4, 0.5) is 14.6 Å². The third-order valence-corrected chi connectivity index (χ3v) is 6.36. The molecule has 2 aliphatic heterocycles. The molecule has 2 fully saturated rings. The van der Waals surface area contributed by atoms with Crippen molar-refractivity contribution in [1.29, 1.82) is 0 Å². The Hall–Kier alpha value is -1.43.